The summed E-state index contributed by atoms with van der Waals surface area (Å²) in [6.45, 7) is 1.54. The Labute approximate surface area is 81.1 Å². The van der Waals surface area contributed by atoms with Gasteiger partial charge >= 0.3 is 5.69 Å². The van der Waals surface area contributed by atoms with Gasteiger partial charge < -0.3 is 9.84 Å². The third-order valence-corrected chi connectivity index (χ3v) is 1.73. The molecule has 0 saturated heterocycles. The van der Waals surface area contributed by atoms with Gasteiger partial charge in [0.1, 0.15) is 6.61 Å². The maximum atomic E-state index is 10.7. The number of aryl methyl sites for hydroxylation is 1. The highest BCUT2D eigenvalue weighted by Gasteiger charge is 2.17. The summed E-state index contributed by atoms with van der Waals surface area (Å²) in [4.78, 5) is 10.2. The quantitative estimate of drug-likeness (QED) is 0.582. The molecule has 0 unspecified atom stereocenters. The van der Waals surface area contributed by atoms with Gasteiger partial charge in [0.2, 0.25) is 0 Å². The van der Waals surface area contributed by atoms with Gasteiger partial charge in [-0.05, 0) is 13.0 Å². The van der Waals surface area contributed by atoms with Crippen molar-refractivity contribution in [1.82, 2.24) is 0 Å². The fourth-order valence-electron chi connectivity index (χ4n) is 1.14. The van der Waals surface area contributed by atoms with Crippen LogP contribution >= 0.6 is 0 Å². The van der Waals surface area contributed by atoms with Crippen LogP contribution in [-0.4, -0.2) is 23.2 Å². The van der Waals surface area contributed by atoms with Crippen molar-refractivity contribution in [2.24, 2.45) is 0 Å². The van der Waals surface area contributed by atoms with Crippen molar-refractivity contribution in [1.29, 1.82) is 0 Å². The van der Waals surface area contributed by atoms with Crippen LogP contribution in [0.5, 0.6) is 5.75 Å². The number of nitrogens with zero attached hydrogens (tertiary/aromatic N) is 1. The number of ether oxygens (including phenoxy) is 1. The summed E-state index contributed by atoms with van der Waals surface area (Å²) < 4.78 is 5.04. The van der Waals surface area contributed by atoms with Crippen LogP contribution in [0.2, 0.25) is 0 Å². The highest BCUT2D eigenvalue weighted by molar-refractivity contribution is 5.51. The minimum atomic E-state index is -0.484. The molecule has 0 heterocycles. The number of hydrogen-bond acceptors (Lipinski definition) is 4. The zero-order valence-electron chi connectivity index (χ0n) is 7.77. The summed E-state index contributed by atoms with van der Waals surface area (Å²) in [6.07, 6.45) is 0. The lowest BCUT2D eigenvalue weighted by Crippen LogP contribution is -2.04. The van der Waals surface area contributed by atoms with Gasteiger partial charge in [-0.1, -0.05) is 12.1 Å². The van der Waals surface area contributed by atoms with Crippen LogP contribution in [0.1, 0.15) is 5.56 Å². The van der Waals surface area contributed by atoms with Crippen LogP contribution in [-0.2, 0) is 0 Å². The Morgan fingerprint density at radius 2 is 2.29 bits per heavy atom. The summed E-state index contributed by atoms with van der Waals surface area (Å²) in [5.74, 6) is 0.198. The van der Waals surface area contributed by atoms with Crippen LogP contribution in [0.3, 0.4) is 0 Å². The van der Waals surface area contributed by atoms with Crippen molar-refractivity contribution < 1.29 is 14.8 Å². The molecule has 0 aliphatic carbocycles. The van der Waals surface area contributed by atoms with Gasteiger partial charge in [-0.15, -0.1) is 0 Å². The lowest BCUT2D eigenvalue weighted by atomic mass is 10.2. The van der Waals surface area contributed by atoms with E-state index in [1.54, 1.807) is 19.1 Å². The second-order valence-corrected chi connectivity index (χ2v) is 2.75. The molecule has 0 amide bonds. The Bertz CT molecular complexity index is 338. The topological polar surface area (TPSA) is 72.6 Å². The Balaban J connectivity index is 3.02. The monoisotopic (exact) mass is 197 g/mol. The second-order valence-electron chi connectivity index (χ2n) is 2.75. The molecule has 0 atom stereocenters. The van der Waals surface area contributed by atoms with E-state index in [4.69, 9.17) is 9.84 Å². The molecule has 5 nitrogen and oxygen atoms in total. The highest BCUT2D eigenvalue weighted by Crippen LogP contribution is 2.29. The summed E-state index contributed by atoms with van der Waals surface area (Å²) in [7, 11) is 0. The summed E-state index contributed by atoms with van der Waals surface area (Å²) in [6, 6.07) is 4.83. The Kier molecular flexibility index (Phi) is 3.41. The van der Waals surface area contributed by atoms with E-state index < -0.39 is 4.92 Å². The van der Waals surface area contributed by atoms with E-state index in [1.807, 2.05) is 0 Å². The lowest BCUT2D eigenvalue weighted by Gasteiger charge is -2.05. The van der Waals surface area contributed by atoms with Gasteiger partial charge in [0, 0.05) is 5.56 Å². The zero-order chi connectivity index (χ0) is 10.6. The molecule has 0 aliphatic rings. The molecule has 1 N–H and O–H groups in total. The molecule has 0 aromatic heterocycles. The fraction of sp³-hybridized carbons (Fsp3) is 0.333. The molecule has 0 radical (unpaired) electrons. The number of aliphatic hydroxyl groups excluding tert-OH is 1. The Morgan fingerprint density at radius 3 is 2.86 bits per heavy atom. The first-order valence-corrected chi connectivity index (χ1v) is 4.14. The SMILES string of the molecule is Cc1cccc(OCCO)c1[N+](=O)[O-]. The Hall–Kier alpha value is -1.62. The number of benzene rings is 1. The van der Waals surface area contributed by atoms with Crippen molar-refractivity contribution in [2.45, 2.75) is 6.92 Å². The molecular weight excluding hydrogens is 186 g/mol. The maximum Gasteiger partial charge on any atom is 0.313 e. The molecule has 0 saturated carbocycles. The van der Waals surface area contributed by atoms with E-state index >= 15 is 0 Å². The van der Waals surface area contributed by atoms with E-state index in [-0.39, 0.29) is 24.7 Å². The predicted molar refractivity (Wildman–Crippen MR) is 50.4 cm³/mol. The minimum absolute atomic E-state index is 0.0408. The third kappa shape index (κ3) is 2.20. The van der Waals surface area contributed by atoms with Gasteiger partial charge in [0.25, 0.3) is 0 Å². The van der Waals surface area contributed by atoms with Gasteiger partial charge in [0.05, 0.1) is 11.5 Å². The normalized spacial score (nSPS) is 9.86. The molecule has 0 aliphatic heterocycles. The number of nitro benzene ring substituents is 1. The fourth-order valence-corrected chi connectivity index (χ4v) is 1.14. The number of para-hydroxylation sites is 1. The third-order valence-electron chi connectivity index (χ3n) is 1.73. The summed E-state index contributed by atoms with van der Waals surface area (Å²) in [5.41, 5.74) is 0.506. The van der Waals surface area contributed by atoms with Gasteiger partial charge in [-0.2, -0.15) is 0 Å². The maximum absolute atomic E-state index is 10.7. The first-order valence-electron chi connectivity index (χ1n) is 4.14. The smallest absolute Gasteiger partial charge is 0.313 e. The summed E-state index contributed by atoms with van der Waals surface area (Å²) >= 11 is 0. The number of aliphatic hydroxyl groups is 1. The first-order chi connectivity index (χ1) is 6.66. The largest absolute Gasteiger partial charge is 0.484 e. The standard InChI is InChI=1S/C9H11NO4/c1-7-3-2-4-8(14-6-5-11)9(7)10(12)13/h2-4,11H,5-6H2,1H3. The van der Waals surface area contributed by atoms with Crippen molar-refractivity contribution >= 4 is 5.69 Å². The van der Waals surface area contributed by atoms with Crippen molar-refractivity contribution in [2.75, 3.05) is 13.2 Å². The van der Waals surface area contributed by atoms with Crippen LogP contribution in [0.4, 0.5) is 5.69 Å². The lowest BCUT2D eigenvalue weighted by molar-refractivity contribution is -0.386. The van der Waals surface area contributed by atoms with Crippen LogP contribution in [0.15, 0.2) is 18.2 Å². The van der Waals surface area contributed by atoms with E-state index in [0.29, 0.717) is 5.56 Å². The molecule has 0 spiro atoms. The van der Waals surface area contributed by atoms with Crippen molar-refractivity contribution in [3.63, 3.8) is 0 Å². The number of hydrogen-bond donors (Lipinski definition) is 1. The van der Waals surface area contributed by atoms with Gasteiger partial charge in [-0.25, -0.2) is 0 Å². The molecule has 76 valence electrons. The predicted octanol–water partition coefficient (Wildman–Crippen LogP) is 1.27. The number of rotatable bonds is 4. The van der Waals surface area contributed by atoms with Crippen molar-refractivity contribution in [3.8, 4) is 5.75 Å². The minimum Gasteiger partial charge on any atom is -0.484 e. The average molecular weight is 197 g/mol. The van der Waals surface area contributed by atoms with Crippen LogP contribution in [0, 0.1) is 17.0 Å². The molecule has 14 heavy (non-hydrogen) atoms. The molecule has 1 aromatic carbocycles. The van der Waals surface area contributed by atoms with Gasteiger partial charge in [0.15, 0.2) is 5.75 Å². The van der Waals surface area contributed by atoms with E-state index in [2.05, 4.69) is 0 Å². The molecule has 0 fully saturated rings. The molecule has 1 aromatic rings. The van der Waals surface area contributed by atoms with E-state index in [0.717, 1.165) is 0 Å². The first kappa shape index (κ1) is 10.5. The van der Waals surface area contributed by atoms with Crippen molar-refractivity contribution in [3.05, 3.63) is 33.9 Å². The molecular formula is C9H11NO4. The molecule has 1 rings (SSSR count). The van der Waals surface area contributed by atoms with Crippen LogP contribution in [0.25, 0.3) is 0 Å². The highest BCUT2D eigenvalue weighted by atomic mass is 16.6. The van der Waals surface area contributed by atoms with E-state index in [9.17, 15) is 10.1 Å². The second kappa shape index (κ2) is 4.57. The summed E-state index contributed by atoms with van der Waals surface area (Å²) in [5, 5.41) is 19.2. The van der Waals surface area contributed by atoms with Crippen LogP contribution < -0.4 is 4.74 Å². The Morgan fingerprint density at radius 1 is 1.57 bits per heavy atom. The zero-order valence-corrected chi connectivity index (χ0v) is 7.77. The average Bonchev–Trinajstić information content (AvgIpc) is 2.14. The molecule has 5 heteroatoms. The van der Waals surface area contributed by atoms with E-state index in [1.165, 1.54) is 6.07 Å². The number of nitro groups is 1. The molecule has 0 bridgehead atoms. The van der Waals surface area contributed by atoms with Gasteiger partial charge in [-0.3, -0.25) is 10.1 Å².